The van der Waals surface area contributed by atoms with Crippen LogP contribution >= 0.6 is 0 Å². The van der Waals surface area contributed by atoms with Crippen molar-refractivity contribution in [1.82, 2.24) is 15.0 Å². The minimum atomic E-state index is -2.29. The first-order valence-corrected chi connectivity index (χ1v) is 13.2. The number of aromatic nitrogens is 3. The number of furan rings is 1. The molecule has 0 unspecified atom stereocenters. The summed E-state index contributed by atoms with van der Waals surface area (Å²) >= 11 is 0. The van der Waals surface area contributed by atoms with Gasteiger partial charge in [0.05, 0.1) is 5.58 Å². The van der Waals surface area contributed by atoms with Gasteiger partial charge in [0.2, 0.25) is 5.71 Å². The second-order valence-electron chi connectivity index (χ2n) is 9.76. The Morgan fingerprint density at radius 3 is 2.49 bits per heavy atom. The van der Waals surface area contributed by atoms with Crippen molar-refractivity contribution in [1.29, 1.82) is 0 Å². The Morgan fingerprint density at radius 2 is 1.73 bits per heavy atom. The van der Waals surface area contributed by atoms with E-state index in [-0.39, 0.29) is 36.9 Å². The van der Waals surface area contributed by atoms with Gasteiger partial charge in [-0.1, -0.05) is 60.8 Å². The molecule has 0 spiro atoms. The average Bonchev–Trinajstić information content (AvgIpc) is 3.46. The number of rotatable bonds is 3. The summed E-state index contributed by atoms with van der Waals surface area (Å²) in [5.74, 6) is -0.576. The van der Waals surface area contributed by atoms with Crippen molar-refractivity contribution < 1.29 is 38.2 Å². The van der Waals surface area contributed by atoms with Crippen LogP contribution in [-0.4, -0.2) is 15.0 Å². The average molecular weight is 726 g/mol. The van der Waals surface area contributed by atoms with Crippen molar-refractivity contribution in [2.24, 2.45) is 0 Å². The topological polar surface area (TPSA) is 51.8 Å². The fourth-order valence-corrected chi connectivity index (χ4v) is 5.00. The van der Waals surface area contributed by atoms with Gasteiger partial charge >= 0.3 is 0 Å². The number of nitrogens with zero attached hydrogens (tertiary/aromatic N) is 3. The molecule has 0 amide bonds. The molecule has 0 N–H and O–H groups in total. The molecular formula is C36H33IrN3O-2. The minimum Gasteiger partial charge on any atom is -0.486 e. The van der Waals surface area contributed by atoms with Crippen LogP contribution in [0.1, 0.15) is 74.1 Å². The molecule has 41 heavy (non-hydrogen) atoms. The largest absolute Gasteiger partial charge is 0.486 e. The van der Waals surface area contributed by atoms with Gasteiger partial charge in [0, 0.05) is 57.3 Å². The Balaban J connectivity index is 0.000000211. The predicted octanol–water partition coefficient (Wildman–Crippen LogP) is 9.36. The van der Waals surface area contributed by atoms with Gasteiger partial charge in [0.25, 0.3) is 0 Å². The molecule has 0 aliphatic heterocycles. The van der Waals surface area contributed by atoms with Crippen LogP contribution in [0.4, 0.5) is 0 Å². The van der Waals surface area contributed by atoms with Gasteiger partial charge in [-0.3, -0.25) is 0 Å². The molecule has 2 aromatic carbocycles. The van der Waals surface area contributed by atoms with Crippen LogP contribution in [-0.2, 0) is 20.1 Å². The standard InChI is InChI=1S/C23H21N2O.C13H12N.Ir/c1-15-10-11-19-18-8-5-9-20(22(18)26-23(19)25-15)21-14-17(12-13-24-21)16-6-3-2-4-7-16;1-10-3-6-12(7-4-10)13-8-5-11(2)9-14-13;/h5,8,10-14,16H,2-4,6-7H2,1H3;3-6,8-9H,1-2H3;/q2*-1;/i1D3,16D;1D3,2D3;. The minimum absolute atomic E-state index is 0. The summed E-state index contributed by atoms with van der Waals surface area (Å²) in [6.45, 7) is -6.63. The molecule has 0 bridgehead atoms. The zero-order valence-electron chi connectivity index (χ0n) is 32.1. The van der Waals surface area contributed by atoms with Gasteiger partial charge < -0.3 is 14.4 Å². The van der Waals surface area contributed by atoms with E-state index in [0.717, 1.165) is 42.0 Å². The maximum Gasteiger partial charge on any atom is 0.216 e. The van der Waals surface area contributed by atoms with Crippen LogP contribution < -0.4 is 0 Å². The molecule has 1 saturated carbocycles. The summed E-state index contributed by atoms with van der Waals surface area (Å²) in [7, 11) is 0. The Labute approximate surface area is 269 Å². The van der Waals surface area contributed by atoms with Crippen molar-refractivity contribution in [3.05, 3.63) is 114 Å². The number of aryl methyl sites for hydroxylation is 3. The van der Waals surface area contributed by atoms with E-state index in [1.54, 1.807) is 24.4 Å². The number of fused-ring (bicyclic) bond motifs is 3. The van der Waals surface area contributed by atoms with E-state index in [4.69, 9.17) is 18.1 Å². The first-order valence-electron chi connectivity index (χ1n) is 18.2. The van der Waals surface area contributed by atoms with Crippen LogP contribution in [0.5, 0.6) is 0 Å². The molecule has 1 radical (unpaired) electrons. The third-order valence-corrected chi connectivity index (χ3v) is 7.03. The Morgan fingerprint density at radius 1 is 0.854 bits per heavy atom. The molecule has 5 heteroatoms. The molecule has 1 aliphatic rings. The Hall–Kier alpha value is -3.66. The molecule has 0 saturated heterocycles. The molecule has 4 heterocycles. The van der Waals surface area contributed by atoms with E-state index < -0.39 is 26.4 Å². The number of pyridine rings is 3. The number of hydrogen-bond acceptors (Lipinski definition) is 4. The third-order valence-electron chi connectivity index (χ3n) is 7.03. The Bertz CT molecular complexity index is 2060. The SMILES string of the molecule is [2H]C([2H])([2H])c1c[c-]c(-c2ccc(C([2H])([2H])[2H])cn2)cc1.[2H]C([2H])([2H])c1ccc2c(n1)oc1c(-c3cc(C4([2H])CCCCC4)ccn3)[c-]ccc12.[Ir]. The van der Waals surface area contributed by atoms with E-state index >= 15 is 0 Å². The maximum atomic E-state index is 8.93. The number of benzene rings is 2. The van der Waals surface area contributed by atoms with Crippen molar-refractivity contribution in [3.63, 3.8) is 0 Å². The van der Waals surface area contributed by atoms with E-state index in [1.165, 1.54) is 36.9 Å². The fraction of sp³-hybridized carbons (Fsp3) is 0.250. The van der Waals surface area contributed by atoms with Crippen LogP contribution in [0.2, 0.25) is 0 Å². The van der Waals surface area contributed by atoms with Crippen LogP contribution in [0.15, 0.2) is 83.5 Å². The molecule has 0 atom stereocenters. The summed E-state index contributed by atoms with van der Waals surface area (Å²) in [4.78, 5) is 12.8. The molecule has 6 aromatic rings. The van der Waals surface area contributed by atoms with E-state index in [9.17, 15) is 0 Å². The summed E-state index contributed by atoms with van der Waals surface area (Å²) < 4.78 is 81.4. The predicted molar refractivity (Wildman–Crippen MR) is 162 cm³/mol. The molecule has 209 valence electrons. The van der Waals surface area contributed by atoms with Crippen LogP contribution in [0.25, 0.3) is 44.6 Å². The third kappa shape index (κ3) is 6.48. The van der Waals surface area contributed by atoms with Gasteiger partial charge in [-0.05, 0) is 67.6 Å². The molecule has 4 aromatic heterocycles. The molecule has 7 rings (SSSR count). The summed E-state index contributed by atoms with van der Waals surface area (Å²) in [6.07, 6.45) is 8.10. The van der Waals surface area contributed by atoms with Gasteiger partial charge in [0.1, 0.15) is 0 Å². The molecule has 1 fully saturated rings. The van der Waals surface area contributed by atoms with Gasteiger partial charge in [-0.15, -0.1) is 53.6 Å². The molecule has 1 aliphatic carbocycles. The first kappa shape index (κ1) is 18.7. The summed E-state index contributed by atoms with van der Waals surface area (Å²) in [5, 5.41) is 1.60. The van der Waals surface area contributed by atoms with Crippen molar-refractivity contribution in [2.75, 3.05) is 0 Å². The van der Waals surface area contributed by atoms with E-state index in [2.05, 4.69) is 27.1 Å². The van der Waals surface area contributed by atoms with Gasteiger partial charge in [0.15, 0.2) is 0 Å². The smallest absolute Gasteiger partial charge is 0.216 e. The van der Waals surface area contributed by atoms with Gasteiger partial charge in [-0.25, -0.2) is 4.98 Å². The van der Waals surface area contributed by atoms with Crippen molar-refractivity contribution in [2.45, 2.75) is 58.6 Å². The van der Waals surface area contributed by atoms with Crippen molar-refractivity contribution in [3.8, 4) is 22.5 Å². The van der Waals surface area contributed by atoms with Crippen molar-refractivity contribution >= 4 is 22.1 Å². The normalized spacial score (nSPS) is 18.7. The quantitative estimate of drug-likeness (QED) is 0.171. The first-order chi connectivity index (χ1) is 23.5. The summed E-state index contributed by atoms with van der Waals surface area (Å²) in [5.41, 5.74) is 4.79. The van der Waals surface area contributed by atoms with E-state index in [1.807, 2.05) is 24.3 Å². The Kier molecular flexibility index (Phi) is 5.88. The molecule has 4 nitrogen and oxygen atoms in total. The summed E-state index contributed by atoms with van der Waals surface area (Å²) in [6, 6.07) is 24.5. The number of hydrogen-bond donors (Lipinski definition) is 0. The van der Waals surface area contributed by atoms with Crippen LogP contribution in [0.3, 0.4) is 0 Å². The maximum absolute atomic E-state index is 8.93. The zero-order valence-corrected chi connectivity index (χ0v) is 24.5. The van der Waals surface area contributed by atoms with Gasteiger partial charge in [-0.2, -0.15) is 0 Å². The molecular weight excluding hydrogens is 683 g/mol. The monoisotopic (exact) mass is 726 g/mol. The second-order valence-corrected chi connectivity index (χ2v) is 9.76. The van der Waals surface area contributed by atoms with Crippen LogP contribution in [0, 0.1) is 32.7 Å². The second kappa shape index (κ2) is 12.9. The zero-order chi connectivity index (χ0) is 35.9. The van der Waals surface area contributed by atoms with E-state index in [0.29, 0.717) is 33.8 Å². The fourth-order valence-electron chi connectivity index (χ4n) is 5.00.